The fourth-order valence-electron chi connectivity index (χ4n) is 2.69. The van der Waals surface area contributed by atoms with Crippen LogP contribution in [0.4, 0.5) is 5.69 Å². The molecule has 20 heavy (non-hydrogen) atoms. The van der Waals surface area contributed by atoms with Gasteiger partial charge in [-0.05, 0) is 45.2 Å². The molecule has 1 heterocycles. The minimum absolute atomic E-state index is 0.125. The molecule has 0 aromatic heterocycles. The minimum atomic E-state index is -0.601. The molecule has 0 bridgehead atoms. The van der Waals surface area contributed by atoms with Crippen molar-refractivity contribution in [3.8, 4) is 0 Å². The van der Waals surface area contributed by atoms with Gasteiger partial charge in [0.15, 0.2) is 5.84 Å². The first-order valence-corrected chi connectivity index (χ1v) is 6.99. The van der Waals surface area contributed by atoms with E-state index in [0.717, 1.165) is 49.2 Å². The number of rotatable bonds is 2. The highest BCUT2D eigenvalue weighted by molar-refractivity contribution is 6.02. The quantitative estimate of drug-likeness (QED) is 0.333. The monoisotopic (exact) mass is 277 g/mol. The maximum atomic E-state index is 10.2. The smallest absolute Gasteiger partial charge is 0.172 e. The van der Waals surface area contributed by atoms with Gasteiger partial charge in [0.2, 0.25) is 0 Å². The third-order valence-corrected chi connectivity index (χ3v) is 3.94. The first-order valence-electron chi connectivity index (χ1n) is 6.99. The van der Waals surface area contributed by atoms with Crippen molar-refractivity contribution < 1.29 is 10.3 Å². The van der Waals surface area contributed by atoms with Crippen LogP contribution in [0, 0.1) is 6.92 Å². The number of hydrogen-bond acceptors (Lipinski definition) is 4. The van der Waals surface area contributed by atoms with Crippen LogP contribution in [0.1, 0.15) is 37.3 Å². The molecular weight excluding hydrogens is 254 g/mol. The molecule has 1 aromatic rings. The van der Waals surface area contributed by atoms with Gasteiger partial charge >= 0.3 is 0 Å². The number of nitrogens with zero attached hydrogens (tertiary/aromatic N) is 2. The highest BCUT2D eigenvalue weighted by atomic mass is 16.4. The molecule has 1 aromatic carbocycles. The van der Waals surface area contributed by atoms with E-state index in [1.807, 2.05) is 32.0 Å². The Labute approximate surface area is 119 Å². The SMILES string of the molecule is Cc1ccc(N2CCCC(C)(O)CC2)c(/C(N)=N/O)c1. The molecule has 1 saturated heterocycles. The van der Waals surface area contributed by atoms with Crippen LogP contribution >= 0.6 is 0 Å². The molecule has 0 spiro atoms. The predicted molar refractivity (Wildman–Crippen MR) is 80.4 cm³/mol. The first-order chi connectivity index (χ1) is 9.43. The van der Waals surface area contributed by atoms with Crippen LogP contribution in [0.2, 0.25) is 0 Å². The second-order valence-corrected chi connectivity index (χ2v) is 5.84. The van der Waals surface area contributed by atoms with Crippen LogP contribution in [0.5, 0.6) is 0 Å². The van der Waals surface area contributed by atoms with E-state index in [9.17, 15) is 5.11 Å². The van der Waals surface area contributed by atoms with Gasteiger partial charge in [0.1, 0.15) is 0 Å². The maximum Gasteiger partial charge on any atom is 0.172 e. The normalized spacial score (nSPS) is 24.6. The van der Waals surface area contributed by atoms with Crippen molar-refractivity contribution in [3.05, 3.63) is 29.3 Å². The van der Waals surface area contributed by atoms with Gasteiger partial charge in [0, 0.05) is 24.3 Å². The second kappa shape index (κ2) is 5.71. The summed E-state index contributed by atoms with van der Waals surface area (Å²) in [6.45, 7) is 5.49. The summed E-state index contributed by atoms with van der Waals surface area (Å²) in [5.41, 5.74) is 7.96. The van der Waals surface area contributed by atoms with Gasteiger partial charge in [0.25, 0.3) is 0 Å². The summed E-state index contributed by atoms with van der Waals surface area (Å²) in [6.07, 6.45) is 2.45. The molecule has 5 heteroatoms. The zero-order valence-electron chi connectivity index (χ0n) is 12.1. The molecule has 2 rings (SSSR count). The van der Waals surface area contributed by atoms with Gasteiger partial charge in [-0.3, -0.25) is 0 Å². The fourth-order valence-corrected chi connectivity index (χ4v) is 2.69. The van der Waals surface area contributed by atoms with E-state index >= 15 is 0 Å². The molecule has 1 atom stereocenters. The maximum absolute atomic E-state index is 10.2. The molecule has 1 aliphatic rings. The Balaban J connectivity index is 2.32. The molecule has 4 N–H and O–H groups in total. The lowest BCUT2D eigenvalue weighted by Crippen LogP contribution is -2.30. The van der Waals surface area contributed by atoms with E-state index < -0.39 is 5.60 Å². The summed E-state index contributed by atoms with van der Waals surface area (Å²) in [5, 5.41) is 22.2. The Hall–Kier alpha value is -1.75. The number of hydrogen-bond donors (Lipinski definition) is 3. The van der Waals surface area contributed by atoms with Gasteiger partial charge < -0.3 is 20.9 Å². The number of aryl methyl sites for hydroxylation is 1. The van der Waals surface area contributed by atoms with Gasteiger partial charge in [0.05, 0.1) is 5.60 Å². The molecule has 0 saturated carbocycles. The van der Waals surface area contributed by atoms with Crippen molar-refractivity contribution in [3.63, 3.8) is 0 Å². The molecular formula is C15H23N3O2. The largest absolute Gasteiger partial charge is 0.409 e. The number of anilines is 1. The van der Waals surface area contributed by atoms with Crippen LogP contribution in [0.25, 0.3) is 0 Å². The van der Waals surface area contributed by atoms with E-state index in [-0.39, 0.29) is 5.84 Å². The molecule has 110 valence electrons. The van der Waals surface area contributed by atoms with Gasteiger partial charge in [-0.15, -0.1) is 0 Å². The molecule has 0 amide bonds. The standard InChI is InChI=1S/C15H23N3O2/c1-11-4-5-13(12(10-11)14(16)17-20)18-8-3-6-15(2,19)7-9-18/h4-5,10,19-20H,3,6-9H2,1-2H3,(H2,16,17). The van der Waals surface area contributed by atoms with Crippen molar-refractivity contribution in [2.75, 3.05) is 18.0 Å². The average Bonchev–Trinajstić information content (AvgIpc) is 2.59. The summed E-state index contributed by atoms with van der Waals surface area (Å²) in [7, 11) is 0. The Morgan fingerprint density at radius 1 is 1.35 bits per heavy atom. The third kappa shape index (κ3) is 3.22. The van der Waals surface area contributed by atoms with E-state index in [4.69, 9.17) is 10.9 Å². The first kappa shape index (κ1) is 14.7. The number of aliphatic hydroxyl groups is 1. The Morgan fingerprint density at radius 2 is 2.10 bits per heavy atom. The van der Waals surface area contributed by atoms with Gasteiger partial charge in [-0.1, -0.05) is 16.8 Å². The summed E-state index contributed by atoms with van der Waals surface area (Å²) in [6, 6.07) is 5.95. The molecule has 0 radical (unpaired) electrons. The summed E-state index contributed by atoms with van der Waals surface area (Å²) in [4.78, 5) is 2.20. The topological polar surface area (TPSA) is 82.1 Å². The summed E-state index contributed by atoms with van der Waals surface area (Å²) >= 11 is 0. The molecule has 0 aliphatic carbocycles. The van der Waals surface area contributed by atoms with E-state index in [1.54, 1.807) is 0 Å². The van der Waals surface area contributed by atoms with Gasteiger partial charge in [-0.2, -0.15) is 0 Å². The zero-order chi connectivity index (χ0) is 14.8. The molecule has 1 fully saturated rings. The zero-order valence-corrected chi connectivity index (χ0v) is 12.1. The van der Waals surface area contributed by atoms with Crippen molar-refractivity contribution >= 4 is 11.5 Å². The average molecular weight is 277 g/mol. The van der Waals surface area contributed by atoms with Crippen LogP contribution in [-0.2, 0) is 0 Å². The van der Waals surface area contributed by atoms with E-state index in [1.165, 1.54) is 0 Å². The van der Waals surface area contributed by atoms with Crippen molar-refractivity contribution in [1.29, 1.82) is 0 Å². The molecule has 1 unspecified atom stereocenters. The molecule has 1 aliphatic heterocycles. The Bertz CT molecular complexity index is 512. The van der Waals surface area contributed by atoms with Crippen LogP contribution in [0.15, 0.2) is 23.4 Å². The Kier molecular flexibility index (Phi) is 4.18. The Morgan fingerprint density at radius 3 is 2.80 bits per heavy atom. The summed E-state index contributed by atoms with van der Waals surface area (Å²) < 4.78 is 0. The van der Waals surface area contributed by atoms with E-state index in [0.29, 0.717) is 0 Å². The highest BCUT2D eigenvalue weighted by Gasteiger charge is 2.26. The lowest BCUT2D eigenvalue weighted by Gasteiger charge is -2.26. The fraction of sp³-hybridized carbons (Fsp3) is 0.533. The van der Waals surface area contributed by atoms with Crippen LogP contribution in [-0.4, -0.2) is 34.8 Å². The van der Waals surface area contributed by atoms with Crippen molar-refractivity contribution in [2.45, 2.75) is 38.7 Å². The predicted octanol–water partition coefficient (Wildman–Crippen LogP) is 1.83. The lowest BCUT2D eigenvalue weighted by atomic mass is 9.98. The van der Waals surface area contributed by atoms with Crippen LogP contribution < -0.4 is 10.6 Å². The van der Waals surface area contributed by atoms with Crippen molar-refractivity contribution in [2.24, 2.45) is 10.9 Å². The lowest BCUT2D eigenvalue weighted by molar-refractivity contribution is 0.0481. The van der Waals surface area contributed by atoms with E-state index in [2.05, 4.69) is 10.1 Å². The number of amidine groups is 1. The van der Waals surface area contributed by atoms with Crippen molar-refractivity contribution in [1.82, 2.24) is 0 Å². The number of oxime groups is 1. The molecule has 5 nitrogen and oxygen atoms in total. The minimum Gasteiger partial charge on any atom is -0.409 e. The number of nitrogens with two attached hydrogens (primary N) is 1. The number of benzene rings is 1. The second-order valence-electron chi connectivity index (χ2n) is 5.84. The van der Waals surface area contributed by atoms with Gasteiger partial charge in [-0.25, -0.2) is 0 Å². The summed E-state index contributed by atoms with van der Waals surface area (Å²) in [5.74, 6) is 0.125. The third-order valence-electron chi connectivity index (χ3n) is 3.94. The highest BCUT2D eigenvalue weighted by Crippen LogP contribution is 2.28. The van der Waals surface area contributed by atoms with Crippen LogP contribution in [0.3, 0.4) is 0 Å².